The predicted octanol–water partition coefficient (Wildman–Crippen LogP) is 0.737. The van der Waals surface area contributed by atoms with Crippen molar-refractivity contribution in [2.45, 2.75) is 31.2 Å². The maximum Gasteiger partial charge on any atom is 0.328 e. The largest absolute Gasteiger partial charge is 0.328 e. The van der Waals surface area contributed by atoms with Gasteiger partial charge in [0.05, 0.1) is 10.9 Å². The lowest BCUT2D eigenvalue weighted by Crippen LogP contribution is -2.31. The van der Waals surface area contributed by atoms with Crippen molar-refractivity contribution in [3.8, 4) is 0 Å². The van der Waals surface area contributed by atoms with Gasteiger partial charge in [-0.1, -0.05) is 19.4 Å². The van der Waals surface area contributed by atoms with Crippen LogP contribution < -0.4 is 11.2 Å². The number of aryl methyl sites for hydroxylation is 1. The fraction of sp³-hybridized carbons (Fsp3) is 0.333. The quantitative estimate of drug-likeness (QED) is 0.809. The summed E-state index contributed by atoms with van der Waals surface area (Å²) in [6, 6.07) is 3.92. The van der Waals surface area contributed by atoms with Crippen LogP contribution in [-0.2, 0) is 16.7 Å². The maximum absolute atomic E-state index is 11.9. The van der Waals surface area contributed by atoms with Crippen molar-refractivity contribution in [2.75, 3.05) is 0 Å². The monoisotopic (exact) mass is 298 g/mol. The van der Waals surface area contributed by atoms with Crippen LogP contribution in [-0.4, -0.2) is 22.5 Å². The van der Waals surface area contributed by atoms with Crippen molar-refractivity contribution in [1.29, 1.82) is 0 Å². The number of para-hydroxylation sites is 1. The highest BCUT2D eigenvalue weighted by Crippen LogP contribution is 2.19. The summed E-state index contributed by atoms with van der Waals surface area (Å²) < 4.78 is 33.3. The summed E-state index contributed by atoms with van der Waals surface area (Å²) >= 11 is 0. The van der Waals surface area contributed by atoms with Gasteiger partial charge in [-0.25, -0.2) is 4.79 Å². The molecule has 0 spiro atoms. The lowest BCUT2D eigenvalue weighted by Gasteiger charge is -2.11. The van der Waals surface area contributed by atoms with Crippen LogP contribution >= 0.6 is 0 Å². The summed E-state index contributed by atoms with van der Waals surface area (Å²) in [5, 5.41) is 0.0517. The van der Waals surface area contributed by atoms with Crippen LogP contribution in [0.4, 0.5) is 0 Å². The molecule has 0 bridgehead atoms. The molecule has 0 aliphatic heterocycles. The molecule has 0 radical (unpaired) electrons. The fourth-order valence-electron chi connectivity index (χ4n) is 2.06. The number of unbranched alkanes of at least 4 members (excludes halogenated alkanes) is 1. The Hall–Kier alpha value is -1.93. The molecule has 0 saturated carbocycles. The van der Waals surface area contributed by atoms with Gasteiger partial charge in [-0.2, -0.15) is 8.42 Å². The number of hydrogen-bond donors (Lipinski definition) is 2. The molecule has 8 heteroatoms. The van der Waals surface area contributed by atoms with E-state index in [9.17, 15) is 22.6 Å². The van der Waals surface area contributed by atoms with Gasteiger partial charge in [-0.15, -0.1) is 0 Å². The Balaban J connectivity index is 2.97. The van der Waals surface area contributed by atoms with E-state index < -0.39 is 26.3 Å². The third-order valence-corrected chi connectivity index (χ3v) is 3.88. The number of rotatable bonds is 4. The SMILES string of the molecule is CCCCn1c(=O)[nH]c(=O)c2cccc(S(=O)(=O)O)c21. The van der Waals surface area contributed by atoms with E-state index >= 15 is 0 Å². The van der Waals surface area contributed by atoms with Crippen LogP contribution in [0.3, 0.4) is 0 Å². The van der Waals surface area contributed by atoms with E-state index in [2.05, 4.69) is 4.98 Å². The second kappa shape index (κ2) is 5.22. The minimum Gasteiger partial charge on any atom is -0.292 e. The Kier molecular flexibility index (Phi) is 3.78. The summed E-state index contributed by atoms with van der Waals surface area (Å²) in [7, 11) is -4.52. The van der Waals surface area contributed by atoms with Gasteiger partial charge in [0.25, 0.3) is 15.7 Å². The Morgan fingerprint density at radius 1 is 1.30 bits per heavy atom. The zero-order valence-electron chi connectivity index (χ0n) is 10.8. The summed E-state index contributed by atoms with van der Waals surface area (Å²) in [5.74, 6) is 0. The third-order valence-electron chi connectivity index (χ3n) is 2.99. The number of nitrogens with zero attached hydrogens (tertiary/aromatic N) is 1. The Morgan fingerprint density at radius 2 is 2.00 bits per heavy atom. The molecule has 0 aliphatic rings. The average Bonchev–Trinajstić information content (AvgIpc) is 2.37. The van der Waals surface area contributed by atoms with E-state index in [1.54, 1.807) is 0 Å². The molecule has 2 N–H and O–H groups in total. The molecule has 0 fully saturated rings. The molecule has 1 heterocycles. The molecule has 0 atom stereocenters. The highest BCUT2D eigenvalue weighted by molar-refractivity contribution is 7.86. The third kappa shape index (κ3) is 2.52. The van der Waals surface area contributed by atoms with E-state index in [1.165, 1.54) is 22.8 Å². The van der Waals surface area contributed by atoms with Crippen LogP contribution in [0.1, 0.15) is 19.8 Å². The van der Waals surface area contributed by atoms with Gasteiger partial charge in [0.1, 0.15) is 4.90 Å². The number of H-pyrrole nitrogens is 1. The summed E-state index contributed by atoms with van der Waals surface area (Å²) in [6.45, 7) is 2.18. The topological polar surface area (TPSA) is 109 Å². The first-order chi connectivity index (χ1) is 9.36. The number of hydrogen-bond acceptors (Lipinski definition) is 4. The second-order valence-electron chi connectivity index (χ2n) is 4.39. The Bertz CT molecular complexity index is 864. The van der Waals surface area contributed by atoms with Crippen molar-refractivity contribution >= 4 is 21.0 Å². The Morgan fingerprint density at radius 3 is 2.60 bits per heavy atom. The average molecular weight is 298 g/mol. The van der Waals surface area contributed by atoms with Gasteiger partial charge in [0.15, 0.2) is 0 Å². The summed E-state index contributed by atoms with van der Waals surface area (Å²) in [6.07, 6.45) is 1.43. The number of aromatic amines is 1. The lowest BCUT2D eigenvalue weighted by molar-refractivity contribution is 0.483. The highest BCUT2D eigenvalue weighted by Gasteiger charge is 2.19. The molecular weight excluding hydrogens is 284 g/mol. The van der Waals surface area contributed by atoms with Crippen LogP contribution in [0.15, 0.2) is 32.7 Å². The van der Waals surface area contributed by atoms with Gasteiger partial charge in [0.2, 0.25) is 0 Å². The number of fused-ring (bicyclic) bond motifs is 1. The fourth-order valence-corrected chi connectivity index (χ4v) is 2.77. The highest BCUT2D eigenvalue weighted by atomic mass is 32.2. The molecule has 0 amide bonds. The molecule has 2 rings (SSSR count). The molecule has 108 valence electrons. The van der Waals surface area contributed by atoms with Crippen LogP contribution in [0.25, 0.3) is 10.9 Å². The van der Waals surface area contributed by atoms with E-state index in [4.69, 9.17) is 0 Å². The first kappa shape index (κ1) is 14.5. The van der Waals surface area contributed by atoms with Crippen molar-refractivity contribution < 1.29 is 13.0 Å². The van der Waals surface area contributed by atoms with Crippen molar-refractivity contribution in [3.63, 3.8) is 0 Å². The first-order valence-electron chi connectivity index (χ1n) is 6.09. The molecular formula is C12H14N2O5S. The standard InChI is InChI=1S/C12H14N2O5S/c1-2-3-7-14-10-8(11(15)13-12(14)16)5-4-6-9(10)20(17,18)19/h4-6H,2-3,7H2,1H3,(H,13,15,16)(H,17,18,19). The zero-order valence-corrected chi connectivity index (χ0v) is 11.6. The van der Waals surface area contributed by atoms with Crippen LogP contribution in [0.5, 0.6) is 0 Å². The molecule has 2 aromatic rings. The summed E-state index contributed by atoms with van der Waals surface area (Å²) in [5.41, 5.74) is -1.42. The van der Waals surface area contributed by atoms with E-state index in [0.29, 0.717) is 6.42 Å². The van der Waals surface area contributed by atoms with Gasteiger partial charge in [-0.05, 0) is 18.6 Å². The van der Waals surface area contributed by atoms with Gasteiger partial charge >= 0.3 is 5.69 Å². The van der Waals surface area contributed by atoms with Crippen LogP contribution in [0.2, 0.25) is 0 Å². The zero-order chi connectivity index (χ0) is 14.9. The molecule has 0 aliphatic carbocycles. The van der Waals surface area contributed by atoms with Crippen molar-refractivity contribution in [2.24, 2.45) is 0 Å². The van der Waals surface area contributed by atoms with Crippen molar-refractivity contribution in [1.82, 2.24) is 9.55 Å². The number of benzene rings is 1. The molecule has 1 aromatic heterocycles. The first-order valence-corrected chi connectivity index (χ1v) is 7.53. The van der Waals surface area contributed by atoms with Gasteiger partial charge < -0.3 is 0 Å². The number of nitrogens with one attached hydrogen (secondary N) is 1. The molecule has 7 nitrogen and oxygen atoms in total. The van der Waals surface area contributed by atoms with Gasteiger partial charge in [-0.3, -0.25) is 18.9 Å². The van der Waals surface area contributed by atoms with Gasteiger partial charge in [0, 0.05) is 6.54 Å². The minimum absolute atomic E-state index is 0.0517. The normalized spacial score (nSPS) is 11.9. The molecule has 0 unspecified atom stereocenters. The van der Waals surface area contributed by atoms with Crippen molar-refractivity contribution in [3.05, 3.63) is 39.0 Å². The number of aromatic nitrogens is 2. The molecule has 1 aromatic carbocycles. The molecule has 20 heavy (non-hydrogen) atoms. The predicted molar refractivity (Wildman–Crippen MR) is 73.6 cm³/mol. The van der Waals surface area contributed by atoms with E-state index in [-0.39, 0.29) is 17.4 Å². The lowest BCUT2D eigenvalue weighted by atomic mass is 10.2. The second-order valence-corrected chi connectivity index (χ2v) is 5.78. The Labute approximate surface area is 114 Å². The maximum atomic E-state index is 11.9. The minimum atomic E-state index is -4.52. The van der Waals surface area contributed by atoms with E-state index in [0.717, 1.165) is 6.42 Å². The van der Waals surface area contributed by atoms with E-state index in [1.807, 2.05) is 6.92 Å². The summed E-state index contributed by atoms with van der Waals surface area (Å²) in [4.78, 5) is 25.3. The smallest absolute Gasteiger partial charge is 0.292 e. The van der Waals surface area contributed by atoms with Crippen LogP contribution in [0, 0.1) is 0 Å². The molecule has 0 saturated heterocycles.